The Morgan fingerprint density at radius 1 is 1.32 bits per heavy atom. The van der Waals surface area contributed by atoms with Gasteiger partial charge in [0, 0.05) is 18.7 Å². The van der Waals surface area contributed by atoms with Gasteiger partial charge >= 0.3 is 6.03 Å². The van der Waals surface area contributed by atoms with Crippen LogP contribution in [0.5, 0.6) is 5.75 Å². The molecule has 1 unspecified atom stereocenters. The molecule has 0 bridgehead atoms. The van der Waals surface area contributed by atoms with Crippen LogP contribution in [0.1, 0.15) is 17.2 Å². The second-order valence-electron chi connectivity index (χ2n) is 5.74. The third-order valence-electron chi connectivity index (χ3n) is 4.33. The minimum atomic E-state index is -0.801. The van der Waals surface area contributed by atoms with Crippen molar-refractivity contribution in [3.63, 3.8) is 0 Å². The first kappa shape index (κ1) is 17.2. The average molecular weight is 348 g/mol. The lowest BCUT2D eigenvalue weighted by Gasteiger charge is -2.36. The number of aliphatic hydroxyl groups excluding tert-OH is 1. The number of nitrogens with one attached hydrogen (secondary N) is 1. The fraction of sp³-hybridized carbons (Fsp3) is 0.278. The van der Waals surface area contributed by atoms with Crippen molar-refractivity contribution in [2.45, 2.75) is 12.5 Å². The van der Waals surface area contributed by atoms with E-state index in [1.807, 2.05) is 24.3 Å². The Labute approximate surface area is 143 Å². The van der Waals surface area contributed by atoms with E-state index < -0.39 is 23.7 Å². The fourth-order valence-corrected chi connectivity index (χ4v) is 3.06. The number of ether oxygens (including phenoxy) is 1. The highest BCUT2D eigenvalue weighted by molar-refractivity contribution is 5.90. The zero-order valence-corrected chi connectivity index (χ0v) is 13.6. The minimum Gasteiger partial charge on any atom is -0.494 e. The zero-order chi connectivity index (χ0) is 18.0. The number of anilines is 1. The standard InChI is InChI=1S/C18H18F2N2O3/c1-25-17-9-13(19)15(8-14(17)20)21-18(24)22-7-6-11-4-2-3-5-12(11)16(22)10-23/h2-5,8-9,16,23H,6-7,10H2,1H3,(H,21,24). The van der Waals surface area contributed by atoms with Crippen molar-refractivity contribution < 1.29 is 23.4 Å². The Balaban J connectivity index is 1.83. The summed E-state index contributed by atoms with van der Waals surface area (Å²) in [5.41, 5.74) is 1.64. The van der Waals surface area contributed by atoms with Crippen LogP contribution in [0.2, 0.25) is 0 Å². The predicted molar refractivity (Wildman–Crippen MR) is 88.6 cm³/mol. The van der Waals surface area contributed by atoms with Gasteiger partial charge < -0.3 is 20.1 Å². The van der Waals surface area contributed by atoms with Crippen molar-refractivity contribution in [1.82, 2.24) is 4.90 Å². The maximum Gasteiger partial charge on any atom is 0.322 e. The molecule has 2 amide bonds. The zero-order valence-electron chi connectivity index (χ0n) is 13.6. The molecule has 0 saturated carbocycles. The summed E-state index contributed by atoms with van der Waals surface area (Å²) in [4.78, 5) is 14.0. The maximum absolute atomic E-state index is 14.0. The van der Waals surface area contributed by atoms with Gasteiger partial charge in [-0.2, -0.15) is 0 Å². The Morgan fingerprint density at radius 3 is 2.80 bits per heavy atom. The molecule has 0 aromatic heterocycles. The first-order valence-corrected chi connectivity index (χ1v) is 7.84. The van der Waals surface area contributed by atoms with E-state index in [9.17, 15) is 18.7 Å². The summed E-state index contributed by atoms with van der Waals surface area (Å²) in [6.45, 7) is 0.109. The summed E-state index contributed by atoms with van der Waals surface area (Å²) in [7, 11) is 1.23. The number of methoxy groups -OCH3 is 1. The molecule has 0 fully saturated rings. The molecule has 5 nitrogen and oxygen atoms in total. The second-order valence-corrected chi connectivity index (χ2v) is 5.74. The second kappa shape index (κ2) is 7.06. The molecule has 25 heavy (non-hydrogen) atoms. The van der Waals surface area contributed by atoms with Crippen LogP contribution in [0.4, 0.5) is 19.3 Å². The molecule has 1 heterocycles. The molecule has 3 rings (SSSR count). The van der Waals surface area contributed by atoms with Gasteiger partial charge in [-0.15, -0.1) is 0 Å². The number of hydrogen-bond acceptors (Lipinski definition) is 3. The molecule has 7 heteroatoms. The molecule has 1 aliphatic heterocycles. The van der Waals surface area contributed by atoms with E-state index in [1.54, 1.807) is 0 Å². The largest absolute Gasteiger partial charge is 0.494 e. The summed E-state index contributed by atoms with van der Waals surface area (Å²) in [5.74, 6) is -1.82. The number of benzene rings is 2. The van der Waals surface area contributed by atoms with Gasteiger partial charge in [-0.3, -0.25) is 0 Å². The lowest BCUT2D eigenvalue weighted by molar-refractivity contribution is 0.135. The van der Waals surface area contributed by atoms with Crippen molar-refractivity contribution in [3.8, 4) is 5.75 Å². The van der Waals surface area contributed by atoms with Crippen LogP contribution in [-0.4, -0.2) is 36.3 Å². The van der Waals surface area contributed by atoms with E-state index >= 15 is 0 Å². The van der Waals surface area contributed by atoms with Crippen LogP contribution in [0.15, 0.2) is 36.4 Å². The smallest absolute Gasteiger partial charge is 0.322 e. The molecule has 2 aromatic carbocycles. The molecule has 0 aliphatic carbocycles. The molecule has 0 radical (unpaired) electrons. The van der Waals surface area contributed by atoms with E-state index in [4.69, 9.17) is 4.74 Å². The molecule has 132 valence electrons. The predicted octanol–water partition coefficient (Wildman–Crippen LogP) is 3.10. The molecular weight excluding hydrogens is 330 g/mol. The number of hydrogen-bond donors (Lipinski definition) is 2. The summed E-state index contributed by atoms with van der Waals surface area (Å²) in [5, 5.41) is 12.1. The third-order valence-corrected chi connectivity index (χ3v) is 4.33. The van der Waals surface area contributed by atoms with Gasteiger partial charge in [0.15, 0.2) is 17.4 Å². The fourth-order valence-electron chi connectivity index (χ4n) is 3.06. The summed E-state index contributed by atoms with van der Waals surface area (Å²) in [6.07, 6.45) is 0.625. The summed E-state index contributed by atoms with van der Waals surface area (Å²) >= 11 is 0. The summed E-state index contributed by atoms with van der Waals surface area (Å²) in [6, 6.07) is 8.15. The number of halogens is 2. The van der Waals surface area contributed by atoms with Crippen molar-refractivity contribution in [2.75, 3.05) is 25.6 Å². The maximum atomic E-state index is 14.0. The normalized spacial score (nSPS) is 16.3. The van der Waals surface area contributed by atoms with Gasteiger partial charge in [0.05, 0.1) is 25.4 Å². The van der Waals surface area contributed by atoms with Crippen LogP contribution in [0, 0.1) is 11.6 Å². The van der Waals surface area contributed by atoms with Crippen LogP contribution < -0.4 is 10.1 Å². The number of fused-ring (bicyclic) bond motifs is 1. The third kappa shape index (κ3) is 3.28. The van der Waals surface area contributed by atoms with Crippen molar-refractivity contribution in [1.29, 1.82) is 0 Å². The number of carbonyl (C=O) groups excluding carboxylic acids is 1. The van der Waals surface area contributed by atoms with E-state index in [0.717, 1.165) is 23.3 Å². The highest BCUT2D eigenvalue weighted by atomic mass is 19.1. The number of nitrogens with zero attached hydrogens (tertiary/aromatic N) is 1. The summed E-state index contributed by atoms with van der Waals surface area (Å²) < 4.78 is 32.5. The Hall–Kier alpha value is -2.67. The molecule has 0 saturated heterocycles. The van der Waals surface area contributed by atoms with Crippen molar-refractivity contribution >= 4 is 11.7 Å². The van der Waals surface area contributed by atoms with Crippen LogP contribution in [-0.2, 0) is 6.42 Å². The monoisotopic (exact) mass is 348 g/mol. The van der Waals surface area contributed by atoms with Crippen LogP contribution >= 0.6 is 0 Å². The van der Waals surface area contributed by atoms with Crippen molar-refractivity contribution in [3.05, 3.63) is 59.2 Å². The highest BCUT2D eigenvalue weighted by Crippen LogP contribution is 2.31. The van der Waals surface area contributed by atoms with Crippen LogP contribution in [0.25, 0.3) is 0 Å². The van der Waals surface area contributed by atoms with E-state index in [-0.39, 0.29) is 18.0 Å². The number of carbonyl (C=O) groups is 1. The van der Waals surface area contributed by atoms with E-state index in [1.165, 1.54) is 12.0 Å². The lowest BCUT2D eigenvalue weighted by Crippen LogP contribution is -2.44. The van der Waals surface area contributed by atoms with E-state index in [0.29, 0.717) is 13.0 Å². The van der Waals surface area contributed by atoms with Gasteiger partial charge in [0.25, 0.3) is 0 Å². The Morgan fingerprint density at radius 2 is 2.08 bits per heavy atom. The van der Waals surface area contributed by atoms with Gasteiger partial charge in [-0.05, 0) is 17.5 Å². The number of amides is 2. The first-order valence-electron chi connectivity index (χ1n) is 7.84. The number of rotatable bonds is 3. The molecule has 0 spiro atoms. The lowest BCUT2D eigenvalue weighted by atomic mass is 9.93. The average Bonchev–Trinajstić information content (AvgIpc) is 2.63. The quantitative estimate of drug-likeness (QED) is 0.896. The van der Waals surface area contributed by atoms with Gasteiger partial charge in [-0.25, -0.2) is 13.6 Å². The van der Waals surface area contributed by atoms with Crippen LogP contribution in [0.3, 0.4) is 0 Å². The Bertz CT molecular complexity index is 798. The number of aliphatic hydroxyl groups is 1. The van der Waals surface area contributed by atoms with Crippen molar-refractivity contribution in [2.24, 2.45) is 0 Å². The molecule has 1 atom stereocenters. The highest BCUT2D eigenvalue weighted by Gasteiger charge is 2.30. The molecule has 1 aliphatic rings. The molecule has 2 N–H and O–H groups in total. The first-order chi connectivity index (χ1) is 12.0. The van der Waals surface area contributed by atoms with Gasteiger partial charge in [-0.1, -0.05) is 24.3 Å². The molecule has 2 aromatic rings. The Kier molecular flexibility index (Phi) is 4.85. The SMILES string of the molecule is COc1cc(F)c(NC(=O)N2CCc3ccccc3C2CO)cc1F. The van der Waals surface area contributed by atoms with Gasteiger partial charge in [0.1, 0.15) is 0 Å². The van der Waals surface area contributed by atoms with E-state index in [2.05, 4.69) is 5.32 Å². The minimum absolute atomic E-state index is 0.240. The van der Waals surface area contributed by atoms with Gasteiger partial charge in [0.2, 0.25) is 0 Å². The number of urea groups is 1. The molecular formula is C18H18F2N2O3. The topological polar surface area (TPSA) is 61.8 Å².